The summed E-state index contributed by atoms with van der Waals surface area (Å²) < 4.78 is 16.4. The fraction of sp³-hybridized carbons (Fsp3) is 0.485. The summed E-state index contributed by atoms with van der Waals surface area (Å²) in [5.74, 6) is -3.10. The van der Waals surface area contributed by atoms with Crippen LogP contribution in [-0.2, 0) is 14.3 Å². The summed E-state index contributed by atoms with van der Waals surface area (Å²) in [6, 6.07) is 12.8. The number of carbonyl (C=O) groups is 2. The minimum absolute atomic E-state index is 0.0501. The minimum atomic E-state index is -1.22. The smallest absolute Gasteiger partial charge is 0.336 e. The predicted octanol–water partition coefficient (Wildman–Crippen LogP) is 3.81. The van der Waals surface area contributed by atoms with E-state index < -0.39 is 40.3 Å². The van der Waals surface area contributed by atoms with Gasteiger partial charge in [-0.1, -0.05) is 31.2 Å². The van der Waals surface area contributed by atoms with Gasteiger partial charge < -0.3 is 29.7 Å². The van der Waals surface area contributed by atoms with Crippen LogP contribution in [0.4, 0.5) is 5.69 Å². The fourth-order valence-electron chi connectivity index (χ4n) is 5.50. The highest BCUT2D eigenvalue weighted by molar-refractivity contribution is 6.06. The zero-order valence-corrected chi connectivity index (χ0v) is 27.2. The van der Waals surface area contributed by atoms with Gasteiger partial charge in [0.15, 0.2) is 11.5 Å². The molecule has 46 heavy (non-hydrogen) atoms. The number of β-amino-alcohol motifs (C(OH)–C–C–N with tert-alkyl or cyclic N) is 1. The van der Waals surface area contributed by atoms with Gasteiger partial charge in [0.05, 0.1) is 29.9 Å². The lowest BCUT2D eigenvalue weighted by atomic mass is 9.75. The number of benzene rings is 2. The second kappa shape index (κ2) is 16.3. The number of carbonyl (C=O) groups excluding carboxylic acids is 1. The Hall–Kier alpha value is -4.33. The molecule has 0 amide bonds. The molecule has 0 aliphatic carbocycles. The van der Waals surface area contributed by atoms with Gasteiger partial charge in [0.2, 0.25) is 0 Å². The summed E-state index contributed by atoms with van der Waals surface area (Å²) in [6.45, 7) is 10.7. The third-order valence-electron chi connectivity index (χ3n) is 7.67. The topological polar surface area (TPSA) is 173 Å². The van der Waals surface area contributed by atoms with Crippen molar-refractivity contribution in [3.05, 3.63) is 75.5 Å². The van der Waals surface area contributed by atoms with Crippen molar-refractivity contribution in [2.24, 2.45) is 10.9 Å². The lowest BCUT2D eigenvalue weighted by Crippen LogP contribution is -2.52. The number of aliphatic hydroxyl groups is 1. The van der Waals surface area contributed by atoms with E-state index in [4.69, 9.17) is 14.2 Å². The average Bonchev–Trinajstić information content (AvgIpc) is 3.02. The van der Waals surface area contributed by atoms with Gasteiger partial charge in [-0.2, -0.15) is 0 Å². The Morgan fingerprint density at radius 1 is 1.15 bits per heavy atom. The Morgan fingerprint density at radius 3 is 2.46 bits per heavy atom. The van der Waals surface area contributed by atoms with Gasteiger partial charge in [-0.3, -0.25) is 24.8 Å². The van der Waals surface area contributed by atoms with Gasteiger partial charge >= 0.3 is 11.9 Å². The summed E-state index contributed by atoms with van der Waals surface area (Å²) in [5, 5.41) is 35.8. The monoisotopic (exact) mass is 640 g/mol. The van der Waals surface area contributed by atoms with E-state index in [1.165, 1.54) is 18.2 Å². The van der Waals surface area contributed by atoms with Gasteiger partial charge in [-0.15, -0.1) is 0 Å². The zero-order chi connectivity index (χ0) is 34.0. The molecule has 2 aromatic rings. The maximum absolute atomic E-state index is 13.5. The lowest BCUT2D eigenvalue weighted by Gasteiger charge is -2.36. The molecule has 0 radical (unpaired) electrons. The van der Waals surface area contributed by atoms with Crippen molar-refractivity contribution in [3.8, 4) is 11.5 Å². The number of rotatable bonds is 17. The van der Waals surface area contributed by atoms with E-state index in [0.717, 1.165) is 0 Å². The Morgan fingerprint density at radius 2 is 1.85 bits per heavy atom. The van der Waals surface area contributed by atoms with Crippen LogP contribution in [-0.4, -0.2) is 95.8 Å². The predicted molar refractivity (Wildman–Crippen MR) is 172 cm³/mol. The fourth-order valence-corrected chi connectivity index (χ4v) is 5.50. The molecule has 13 nitrogen and oxygen atoms in total. The Labute approximate surface area is 269 Å². The second-order valence-corrected chi connectivity index (χ2v) is 11.7. The molecular formula is C33H44N4O9. The highest BCUT2D eigenvalue weighted by Gasteiger charge is 2.43. The molecule has 13 heteroatoms. The molecule has 0 fully saturated rings. The summed E-state index contributed by atoms with van der Waals surface area (Å²) in [5.41, 5.74) is 0.263. The number of aliphatic hydroxyl groups excluding tert-OH is 1. The van der Waals surface area contributed by atoms with E-state index in [9.17, 15) is 29.9 Å². The van der Waals surface area contributed by atoms with Crippen LogP contribution >= 0.6 is 0 Å². The number of para-hydroxylation sites is 2. The average molecular weight is 641 g/mol. The molecule has 250 valence electrons. The molecule has 0 saturated carbocycles. The molecule has 1 aliphatic heterocycles. The molecule has 1 aliphatic rings. The standard InChI is InChI=1S/C33H44N4O9/c1-7-36(20-33(4,5)34-17-24(38)19-46-27-15-10-9-14-26(27)44-6)18-25-30(32(41)45-8-2)29(28(31(39)40)21(3)35-25)22-12-11-13-23(16-22)37(42)43/h9-16,24,28-29,34,38H,7-8,17-20H2,1-6H3,(H,39,40). The van der Waals surface area contributed by atoms with Crippen LogP contribution in [0.25, 0.3) is 0 Å². The van der Waals surface area contributed by atoms with E-state index in [2.05, 4.69) is 10.3 Å². The minimum Gasteiger partial charge on any atom is -0.493 e. The number of non-ortho nitro benzene ring substituents is 1. The number of aliphatic imine (C=N–C) groups is 1. The number of hydrogen-bond donors (Lipinski definition) is 3. The molecular weight excluding hydrogens is 596 g/mol. The number of carboxylic acid groups (broad SMARTS) is 1. The van der Waals surface area contributed by atoms with Crippen LogP contribution in [0, 0.1) is 16.0 Å². The number of aliphatic carboxylic acids is 1. The maximum Gasteiger partial charge on any atom is 0.336 e. The summed E-state index contributed by atoms with van der Waals surface area (Å²) in [6.07, 6.45) is -0.813. The van der Waals surface area contributed by atoms with E-state index in [1.54, 1.807) is 39.2 Å². The first-order valence-electron chi connectivity index (χ1n) is 15.2. The van der Waals surface area contributed by atoms with Crippen LogP contribution in [0.3, 0.4) is 0 Å². The number of ether oxygens (including phenoxy) is 3. The molecule has 0 spiro atoms. The van der Waals surface area contributed by atoms with Crippen molar-refractivity contribution in [2.45, 2.75) is 52.2 Å². The van der Waals surface area contributed by atoms with E-state index in [0.29, 0.717) is 35.8 Å². The van der Waals surface area contributed by atoms with Crippen molar-refractivity contribution in [3.63, 3.8) is 0 Å². The van der Waals surface area contributed by atoms with Gasteiger partial charge in [-0.25, -0.2) is 4.79 Å². The number of nitrogens with one attached hydrogen (secondary N) is 1. The quantitative estimate of drug-likeness (QED) is 0.130. The van der Waals surface area contributed by atoms with Crippen molar-refractivity contribution >= 4 is 23.3 Å². The molecule has 3 unspecified atom stereocenters. The number of carboxylic acids is 1. The number of likely N-dealkylation sites (N-methyl/N-ethyl adjacent to an activating group) is 1. The lowest BCUT2D eigenvalue weighted by molar-refractivity contribution is -0.384. The van der Waals surface area contributed by atoms with Crippen LogP contribution in [0.2, 0.25) is 0 Å². The first kappa shape index (κ1) is 36.1. The van der Waals surface area contributed by atoms with Crippen LogP contribution in [0.5, 0.6) is 11.5 Å². The van der Waals surface area contributed by atoms with E-state index in [1.807, 2.05) is 37.8 Å². The van der Waals surface area contributed by atoms with Crippen molar-refractivity contribution < 1.29 is 38.9 Å². The Kier molecular flexibility index (Phi) is 12.8. The molecule has 3 rings (SSSR count). The number of esters is 1. The molecule has 0 bridgehead atoms. The third-order valence-corrected chi connectivity index (χ3v) is 7.67. The number of hydrogen-bond acceptors (Lipinski definition) is 11. The first-order valence-corrected chi connectivity index (χ1v) is 15.2. The van der Waals surface area contributed by atoms with Crippen LogP contribution in [0.15, 0.2) is 64.8 Å². The normalized spacial score (nSPS) is 17.3. The van der Waals surface area contributed by atoms with Gasteiger partial charge in [0.1, 0.15) is 18.6 Å². The first-order chi connectivity index (χ1) is 21.8. The van der Waals surface area contributed by atoms with Crippen molar-refractivity contribution in [1.29, 1.82) is 0 Å². The second-order valence-electron chi connectivity index (χ2n) is 11.7. The van der Waals surface area contributed by atoms with Gasteiger partial charge in [0, 0.05) is 48.9 Å². The van der Waals surface area contributed by atoms with Crippen molar-refractivity contribution in [1.82, 2.24) is 10.2 Å². The summed E-state index contributed by atoms with van der Waals surface area (Å²) >= 11 is 0. The largest absolute Gasteiger partial charge is 0.493 e. The molecule has 3 N–H and O–H groups in total. The Bertz CT molecular complexity index is 1460. The van der Waals surface area contributed by atoms with Gasteiger partial charge in [0.25, 0.3) is 5.69 Å². The summed E-state index contributed by atoms with van der Waals surface area (Å²) in [4.78, 5) is 43.6. The number of methoxy groups -OCH3 is 1. The van der Waals surface area contributed by atoms with Crippen LogP contribution < -0.4 is 14.8 Å². The highest BCUT2D eigenvalue weighted by atomic mass is 16.6. The SMILES string of the molecule is CCOC(=O)C1=C(CN(CC)CC(C)(C)NCC(O)COc2ccccc2OC)N=C(C)C(C(=O)O)C1c1cccc([N+](=O)[O-])c1. The molecule has 0 aromatic heterocycles. The molecule has 0 saturated heterocycles. The number of nitro groups is 1. The van der Waals surface area contributed by atoms with Crippen LogP contribution in [0.1, 0.15) is 46.1 Å². The third kappa shape index (κ3) is 9.35. The molecule has 3 atom stereocenters. The highest BCUT2D eigenvalue weighted by Crippen LogP contribution is 2.41. The summed E-state index contributed by atoms with van der Waals surface area (Å²) in [7, 11) is 1.55. The number of nitro benzene ring substituents is 1. The molecule has 1 heterocycles. The number of nitrogens with zero attached hydrogens (tertiary/aromatic N) is 3. The Balaban J connectivity index is 1.85. The van der Waals surface area contributed by atoms with Crippen molar-refractivity contribution in [2.75, 3.05) is 46.5 Å². The maximum atomic E-state index is 13.5. The van der Waals surface area contributed by atoms with Gasteiger partial charge in [-0.05, 0) is 51.9 Å². The van der Waals surface area contributed by atoms with E-state index in [-0.39, 0.29) is 43.3 Å². The van der Waals surface area contributed by atoms with E-state index >= 15 is 0 Å². The molecule has 2 aromatic carbocycles. The zero-order valence-electron chi connectivity index (χ0n) is 27.2.